The zero-order valence-electron chi connectivity index (χ0n) is 20.5. The van der Waals surface area contributed by atoms with Crippen molar-refractivity contribution in [3.63, 3.8) is 0 Å². The van der Waals surface area contributed by atoms with Crippen molar-refractivity contribution in [1.82, 2.24) is 9.88 Å². The van der Waals surface area contributed by atoms with Crippen molar-refractivity contribution in [2.45, 2.75) is 11.4 Å². The van der Waals surface area contributed by atoms with Gasteiger partial charge in [-0.05, 0) is 48.2 Å². The number of amides is 1. The molecule has 0 bridgehead atoms. The minimum Gasteiger partial charge on any atom is -0.493 e. The third kappa shape index (κ3) is 5.05. The van der Waals surface area contributed by atoms with E-state index < -0.39 is 0 Å². The van der Waals surface area contributed by atoms with Crippen LogP contribution in [0.5, 0.6) is 17.2 Å². The minimum absolute atomic E-state index is 0.0776. The number of pyridine rings is 1. The van der Waals surface area contributed by atoms with Crippen LogP contribution in [0, 0.1) is 0 Å². The predicted octanol–water partition coefficient (Wildman–Crippen LogP) is 5.92. The Kier molecular flexibility index (Phi) is 7.46. The number of fused-ring (bicyclic) bond motifs is 1. The Bertz CT molecular complexity index is 1330. The molecule has 0 aliphatic rings. The van der Waals surface area contributed by atoms with Crippen molar-refractivity contribution >= 4 is 28.6 Å². The van der Waals surface area contributed by atoms with E-state index in [1.165, 1.54) is 4.90 Å². The second-order valence-corrected chi connectivity index (χ2v) is 8.88. The van der Waals surface area contributed by atoms with Gasteiger partial charge in [0.15, 0.2) is 11.5 Å². The zero-order chi connectivity index (χ0) is 24.9. The Morgan fingerprint density at radius 1 is 0.914 bits per heavy atom. The first-order chi connectivity index (χ1) is 17.0. The lowest BCUT2D eigenvalue weighted by molar-refractivity contribution is 0.0787. The van der Waals surface area contributed by atoms with Gasteiger partial charge in [-0.3, -0.25) is 4.79 Å². The molecule has 0 fully saturated rings. The Hall–Kier alpha value is -3.71. The molecule has 0 atom stereocenters. The normalized spacial score (nSPS) is 10.8. The smallest absolute Gasteiger partial charge is 0.254 e. The molecule has 0 aliphatic carbocycles. The molecule has 0 spiro atoms. The van der Waals surface area contributed by atoms with Gasteiger partial charge >= 0.3 is 0 Å². The maximum Gasteiger partial charge on any atom is 0.254 e. The molecule has 180 valence electrons. The van der Waals surface area contributed by atoms with E-state index in [0.29, 0.717) is 35.1 Å². The lowest BCUT2D eigenvalue weighted by atomic mass is 10.0. The number of thioether (sulfide) groups is 1. The molecule has 0 unspecified atom stereocenters. The van der Waals surface area contributed by atoms with E-state index in [4.69, 9.17) is 19.2 Å². The fourth-order valence-electron chi connectivity index (χ4n) is 4.01. The van der Waals surface area contributed by atoms with Crippen molar-refractivity contribution in [1.29, 1.82) is 0 Å². The van der Waals surface area contributed by atoms with Crippen LogP contribution >= 0.6 is 11.8 Å². The van der Waals surface area contributed by atoms with E-state index in [0.717, 1.165) is 22.0 Å². The second kappa shape index (κ2) is 10.7. The molecule has 1 amide bonds. The van der Waals surface area contributed by atoms with Crippen molar-refractivity contribution in [3.8, 4) is 28.5 Å². The molecular formula is C28H28N2O4S. The molecule has 0 saturated carbocycles. The van der Waals surface area contributed by atoms with Crippen LogP contribution in [0.15, 0.2) is 71.6 Å². The van der Waals surface area contributed by atoms with Crippen molar-refractivity contribution < 1.29 is 19.0 Å². The number of methoxy groups -OCH3 is 3. The molecule has 3 aromatic carbocycles. The van der Waals surface area contributed by atoms with Gasteiger partial charge in [0.2, 0.25) is 5.75 Å². The van der Waals surface area contributed by atoms with Gasteiger partial charge in [0.25, 0.3) is 5.91 Å². The first kappa shape index (κ1) is 24.4. The summed E-state index contributed by atoms with van der Waals surface area (Å²) >= 11 is 1.69. The Labute approximate surface area is 209 Å². The van der Waals surface area contributed by atoms with Gasteiger partial charge in [-0.25, -0.2) is 4.98 Å². The van der Waals surface area contributed by atoms with E-state index in [1.807, 2.05) is 55.8 Å². The van der Waals surface area contributed by atoms with Crippen LogP contribution in [0.4, 0.5) is 0 Å². The van der Waals surface area contributed by atoms with Gasteiger partial charge in [-0.15, -0.1) is 11.8 Å². The average Bonchev–Trinajstić information content (AvgIpc) is 2.91. The van der Waals surface area contributed by atoms with Crippen molar-refractivity contribution in [2.24, 2.45) is 0 Å². The summed E-state index contributed by atoms with van der Waals surface area (Å²) in [4.78, 5) is 21.4. The molecule has 0 aliphatic heterocycles. The minimum atomic E-state index is -0.0776. The third-order valence-electron chi connectivity index (χ3n) is 5.83. The van der Waals surface area contributed by atoms with Gasteiger partial charge in [-0.1, -0.05) is 30.3 Å². The highest BCUT2D eigenvalue weighted by molar-refractivity contribution is 7.98. The van der Waals surface area contributed by atoms with Crippen LogP contribution in [-0.4, -0.2) is 50.4 Å². The lowest BCUT2D eigenvalue weighted by Crippen LogP contribution is -2.26. The number of hydrogen-bond donors (Lipinski definition) is 0. The molecule has 0 saturated heterocycles. The van der Waals surface area contributed by atoms with Gasteiger partial charge in [0.1, 0.15) is 0 Å². The van der Waals surface area contributed by atoms with Crippen LogP contribution in [0.1, 0.15) is 15.9 Å². The van der Waals surface area contributed by atoms with Crippen LogP contribution in [0.2, 0.25) is 0 Å². The van der Waals surface area contributed by atoms with Crippen LogP contribution < -0.4 is 14.2 Å². The summed E-state index contributed by atoms with van der Waals surface area (Å²) in [6.45, 7) is 0.504. The number of para-hydroxylation sites is 1. The number of rotatable bonds is 8. The summed E-state index contributed by atoms with van der Waals surface area (Å²) in [5.74, 6) is 1.47. The molecule has 7 heteroatoms. The quantitative estimate of drug-likeness (QED) is 0.287. The monoisotopic (exact) mass is 488 g/mol. The first-order valence-corrected chi connectivity index (χ1v) is 12.3. The standard InChI is InChI=1S/C28H28N2O4S/c1-30(17-18-10-12-20(35-5)13-11-18)28(31)22-16-24(29-23-9-7-6-8-21(22)23)19-14-25(32-2)27(34-4)26(15-19)33-3/h6-16H,17H2,1-5H3. The number of benzene rings is 3. The maximum absolute atomic E-state index is 13.6. The molecule has 35 heavy (non-hydrogen) atoms. The number of ether oxygens (including phenoxy) is 3. The van der Waals surface area contributed by atoms with Gasteiger partial charge < -0.3 is 19.1 Å². The van der Waals surface area contributed by atoms with E-state index in [-0.39, 0.29) is 5.91 Å². The highest BCUT2D eigenvalue weighted by atomic mass is 32.2. The Morgan fingerprint density at radius 2 is 1.57 bits per heavy atom. The third-order valence-corrected chi connectivity index (χ3v) is 6.58. The van der Waals surface area contributed by atoms with E-state index >= 15 is 0 Å². The number of aromatic nitrogens is 1. The fraction of sp³-hybridized carbons (Fsp3) is 0.214. The molecule has 4 aromatic rings. The predicted molar refractivity (Wildman–Crippen MR) is 141 cm³/mol. The summed E-state index contributed by atoms with van der Waals surface area (Å²) in [6, 6.07) is 21.4. The first-order valence-electron chi connectivity index (χ1n) is 11.1. The Morgan fingerprint density at radius 3 is 2.17 bits per heavy atom. The summed E-state index contributed by atoms with van der Waals surface area (Å²) in [5, 5.41) is 0.804. The summed E-state index contributed by atoms with van der Waals surface area (Å²) in [5.41, 5.74) is 3.79. The number of nitrogens with zero attached hydrogens (tertiary/aromatic N) is 2. The molecule has 0 radical (unpaired) electrons. The molecule has 1 heterocycles. The van der Waals surface area contributed by atoms with Crippen LogP contribution in [-0.2, 0) is 6.54 Å². The van der Waals surface area contributed by atoms with Crippen molar-refractivity contribution in [2.75, 3.05) is 34.6 Å². The maximum atomic E-state index is 13.6. The zero-order valence-corrected chi connectivity index (χ0v) is 21.3. The SMILES string of the molecule is COc1cc(-c2cc(C(=O)N(C)Cc3ccc(SC)cc3)c3ccccc3n2)cc(OC)c1OC. The molecule has 0 N–H and O–H groups in total. The van der Waals surface area contributed by atoms with Gasteiger partial charge in [-0.2, -0.15) is 0 Å². The van der Waals surface area contributed by atoms with E-state index in [2.05, 4.69) is 24.3 Å². The van der Waals surface area contributed by atoms with Crippen molar-refractivity contribution in [3.05, 3.63) is 77.9 Å². The lowest BCUT2D eigenvalue weighted by Gasteiger charge is -2.19. The number of hydrogen-bond acceptors (Lipinski definition) is 6. The van der Waals surface area contributed by atoms with Gasteiger partial charge in [0, 0.05) is 29.4 Å². The number of carbonyl (C=O) groups is 1. The molecule has 6 nitrogen and oxygen atoms in total. The fourth-order valence-corrected chi connectivity index (χ4v) is 4.42. The average molecular weight is 489 g/mol. The topological polar surface area (TPSA) is 60.9 Å². The molecule has 1 aromatic heterocycles. The molecular weight excluding hydrogens is 460 g/mol. The number of carbonyl (C=O) groups excluding carboxylic acids is 1. The van der Waals surface area contributed by atoms with Gasteiger partial charge in [0.05, 0.1) is 38.1 Å². The largest absolute Gasteiger partial charge is 0.493 e. The molecule has 4 rings (SSSR count). The summed E-state index contributed by atoms with van der Waals surface area (Å²) < 4.78 is 16.5. The van der Waals surface area contributed by atoms with Crippen LogP contribution in [0.25, 0.3) is 22.2 Å². The Balaban J connectivity index is 1.77. The highest BCUT2D eigenvalue weighted by Gasteiger charge is 2.20. The van der Waals surface area contributed by atoms with E-state index in [1.54, 1.807) is 38.0 Å². The van der Waals surface area contributed by atoms with Crippen LogP contribution in [0.3, 0.4) is 0 Å². The summed E-state index contributed by atoms with van der Waals surface area (Å²) in [6.07, 6.45) is 2.05. The highest BCUT2D eigenvalue weighted by Crippen LogP contribution is 2.41. The van der Waals surface area contributed by atoms with E-state index in [9.17, 15) is 4.79 Å². The summed E-state index contributed by atoms with van der Waals surface area (Å²) in [7, 11) is 6.53. The second-order valence-electron chi connectivity index (χ2n) is 8.00.